The van der Waals surface area contributed by atoms with Crippen LogP contribution in [-0.4, -0.2) is 61.7 Å². The molecule has 0 spiro atoms. The van der Waals surface area contributed by atoms with E-state index in [9.17, 15) is 22.8 Å². The van der Waals surface area contributed by atoms with Gasteiger partial charge in [0.05, 0.1) is 24.3 Å². The summed E-state index contributed by atoms with van der Waals surface area (Å²) in [7, 11) is -3.11. The number of hydrogen-bond donors (Lipinski definition) is 2. The average Bonchev–Trinajstić information content (AvgIpc) is 3.37. The Morgan fingerprint density at radius 2 is 2.00 bits per heavy atom. The summed E-state index contributed by atoms with van der Waals surface area (Å²) >= 11 is 0. The summed E-state index contributed by atoms with van der Waals surface area (Å²) in [6, 6.07) is 7.61. The first-order valence-corrected chi connectivity index (χ1v) is 11.7. The van der Waals surface area contributed by atoms with E-state index in [1.807, 2.05) is 0 Å². The zero-order valence-corrected chi connectivity index (χ0v) is 18.2. The molecular formula is C21H25N3O6S. The number of aryl methyl sites for hydroxylation is 1. The van der Waals surface area contributed by atoms with Crippen molar-refractivity contribution >= 4 is 33.2 Å². The minimum absolute atomic E-state index is 0.0598. The van der Waals surface area contributed by atoms with E-state index in [0.29, 0.717) is 17.7 Å². The van der Waals surface area contributed by atoms with E-state index in [2.05, 4.69) is 10.6 Å². The highest BCUT2D eigenvalue weighted by molar-refractivity contribution is 7.91. The first kappa shape index (κ1) is 22.5. The Balaban J connectivity index is 1.67. The second kappa shape index (κ2) is 9.34. The van der Waals surface area contributed by atoms with Gasteiger partial charge in [-0.2, -0.15) is 0 Å². The maximum Gasteiger partial charge on any atom is 0.291 e. The van der Waals surface area contributed by atoms with Crippen molar-refractivity contribution in [2.24, 2.45) is 0 Å². The summed E-state index contributed by atoms with van der Waals surface area (Å²) in [5.41, 5.74) is 1.54. The molecule has 1 saturated heterocycles. The van der Waals surface area contributed by atoms with Crippen LogP contribution in [-0.2, 0) is 14.6 Å². The number of carbonyl (C=O) groups excluding carboxylic acids is 3. The Hall–Kier alpha value is -3.14. The molecular weight excluding hydrogens is 422 g/mol. The molecule has 1 aliphatic rings. The van der Waals surface area contributed by atoms with Crippen LogP contribution in [0.3, 0.4) is 0 Å². The lowest BCUT2D eigenvalue weighted by molar-refractivity contribution is -0.122. The smallest absolute Gasteiger partial charge is 0.291 e. The van der Waals surface area contributed by atoms with E-state index >= 15 is 0 Å². The molecule has 9 nitrogen and oxygen atoms in total. The number of benzene rings is 1. The minimum atomic E-state index is -3.11. The van der Waals surface area contributed by atoms with Gasteiger partial charge in [-0.05, 0) is 50.1 Å². The number of sulfone groups is 1. The lowest BCUT2D eigenvalue weighted by atomic mass is 10.1. The second-order valence-electron chi connectivity index (χ2n) is 7.45. The van der Waals surface area contributed by atoms with Crippen LogP contribution in [0, 0.1) is 6.92 Å². The van der Waals surface area contributed by atoms with E-state index in [1.54, 1.807) is 38.1 Å². The first-order valence-electron chi connectivity index (χ1n) is 9.93. The monoisotopic (exact) mass is 447 g/mol. The normalized spacial score (nSPS) is 17.2. The number of nitrogens with zero attached hydrogens (tertiary/aromatic N) is 1. The molecule has 31 heavy (non-hydrogen) atoms. The SMILES string of the molecule is CCN(CC(=O)N[C@H]1CCS(=O)(=O)C1)C(=O)c1ccc(C)c(NC(=O)c2ccco2)c1. The predicted molar refractivity (Wildman–Crippen MR) is 115 cm³/mol. The summed E-state index contributed by atoms with van der Waals surface area (Å²) in [5, 5.41) is 5.41. The van der Waals surface area contributed by atoms with Crippen molar-refractivity contribution in [3.63, 3.8) is 0 Å². The van der Waals surface area contributed by atoms with Crippen LogP contribution in [0.25, 0.3) is 0 Å². The molecule has 10 heteroatoms. The van der Waals surface area contributed by atoms with E-state index in [0.717, 1.165) is 5.56 Å². The Bertz CT molecular complexity index is 1080. The van der Waals surface area contributed by atoms with Gasteiger partial charge >= 0.3 is 0 Å². The molecule has 1 aromatic heterocycles. The zero-order chi connectivity index (χ0) is 22.6. The van der Waals surface area contributed by atoms with Gasteiger partial charge in [0.2, 0.25) is 5.91 Å². The van der Waals surface area contributed by atoms with Crippen LogP contribution in [0.2, 0.25) is 0 Å². The van der Waals surface area contributed by atoms with Gasteiger partial charge in [-0.25, -0.2) is 8.42 Å². The summed E-state index contributed by atoms with van der Waals surface area (Å²) in [6.07, 6.45) is 1.78. The number of rotatable bonds is 7. The van der Waals surface area contributed by atoms with Gasteiger partial charge in [0, 0.05) is 23.8 Å². The molecule has 2 aromatic rings. The third kappa shape index (κ3) is 5.72. The molecule has 166 valence electrons. The Labute approximate surface area is 180 Å². The zero-order valence-electron chi connectivity index (χ0n) is 17.4. The van der Waals surface area contributed by atoms with Crippen molar-refractivity contribution in [2.45, 2.75) is 26.3 Å². The van der Waals surface area contributed by atoms with E-state index < -0.39 is 27.7 Å². The number of furan rings is 1. The summed E-state index contributed by atoms with van der Waals surface area (Å²) < 4.78 is 28.2. The molecule has 2 N–H and O–H groups in total. The highest BCUT2D eigenvalue weighted by atomic mass is 32.2. The number of amides is 3. The third-order valence-corrected chi connectivity index (χ3v) is 6.85. The van der Waals surface area contributed by atoms with E-state index in [-0.39, 0.29) is 36.3 Å². The molecule has 1 atom stereocenters. The lowest BCUT2D eigenvalue weighted by Crippen LogP contribution is -2.44. The molecule has 3 amide bonds. The van der Waals surface area contributed by atoms with Crippen molar-refractivity contribution in [1.29, 1.82) is 0 Å². The molecule has 2 heterocycles. The predicted octanol–water partition coefficient (Wildman–Crippen LogP) is 1.61. The highest BCUT2D eigenvalue weighted by Crippen LogP contribution is 2.19. The maximum atomic E-state index is 12.9. The molecule has 1 fully saturated rings. The average molecular weight is 448 g/mol. The number of anilines is 1. The van der Waals surface area contributed by atoms with Crippen molar-refractivity contribution < 1.29 is 27.2 Å². The fraction of sp³-hybridized carbons (Fsp3) is 0.381. The second-order valence-corrected chi connectivity index (χ2v) is 9.68. The largest absolute Gasteiger partial charge is 0.459 e. The van der Waals surface area contributed by atoms with Gasteiger partial charge in [0.15, 0.2) is 15.6 Å². The standard InChI is InChI=1S/C21H25N3O6S/c1-3-24(12-19(25)22-16-8-10-31(28,29)13-16)21(27)15-7-6-14(2)17(11-15)23-20(26)18-5-4-9-30-18/h4-7,9,11,16H,3,8,10,12-13H2,1-2H3,(H,22,25)(H,23,26)/t16-/m0/s1. The first-order chi connectivity index (χ1) is 14.7. The van der Waals surface area contributed by atoms with Gasteiger partial charge in [-0.3, -0.25) is 14.4 Å². The summed E-state index contributed by atoms with van der Waals surface area (Å²) in [4.78, 5) is 38.9. The minimum Gasteiger partial charge on any atom is -0.459 e. The topological polar surface area (TPSA) is 126 Å². The molecule has 0 aliphatic carbocycles. The Morgan fingerprint density at radius 1 is 1.23 bits per heavy atom. The Kier molecular flexibility index (Phi) is 6.79. The molecule has 1 aromatic carbocycles. The van der Waals surface area contributed by atoms with Crippen molar-refractivity contribution in [3.8, 4) is 0 Å². The molecule has 0 radical (unpaired) electrons. The maximum absolute atomic E-state index is 12.9. The van der Waals surface area contributed by atoms with Gasteiger partial charge < -0.3 is 20.0 Å². The number of hydrogen-bond acceptors (Lipinski definition) is 6. The van der Waals surface area contributed by atoms with Crippen LogP contribution in [0.5, 0.6) is 0 Å². The van der Waals surface area contributed by atoms with Gasteiger partial charge in [-0.1, -0.05) is 6.07 Å². The fourth-order valence-electron chi connectivity index (χ4n) is 3.35. The molecule has 0 unspecified atom stereocenters. The van der Waals surface area contributed by atoms with Crippen molar-refractivity contribution in [2.75, 3.05) is 29.9 Å². The number of likely N-dealkylation sites (N-methyl/N-ethyl adjacent to an activating group) is 1. The van der Waals surface area contributed by atoms with Crippen LogP contribution in [0.4, 0.5) is 5.69 Å². The molecule has 1 aliphatic heterocycles. The summed E-state index contributed by atoms with van der Waals surface area (Å²) in [6.45, 7) is 3.65. The van der Waals surface area contributed by atoms with Crippen molar-refractivity contribution in [3.05, 3.63) is 53.5 Å². The van der Waals surface area contributed by atoms with Crippen molar-refractivity contribution in [1.82, 2.24) is 10.2 Å². The number of nitrogens with one attached hydrogen (secondary N) is 2. The fourth-order valence-corrected chi connectivity index (χ4v) is 5.02. The van der Waals surface area contributed by atoms with Crippen LogP contribution in [0.1, 0.15) is 39.8 Å². The van der Waals surface area contributed by atoms with Gasteiger partial charge in [0.1, 0.15) is 0 Å². The van der Waals surface area contributed by atoms with Crippen LogP contribution >= 0.6 is 0 Å². The van der Waals surface area contributed by atoms with E-state index in [4.69, 9.17) is 4.42 Å². The summed E-state index contributed by atoms with van der Waals surface area (Å²) in [5.74, 6) is -1.08. The van der Waals surface area contributed by atoms with Gasteiger partial charge in [-0.15, -0.1) is 0 Å². The Morgan fingerprint density at radius 3 is 2.61 bits per heavy atom. The van der Waals surface area contributed by atoms with Crippen LogP contribution < -0.4 is 10.6 Å². The third-order valence-electron chi connectivity index (χ3n) is 5.08. The molecule has 0 saturated carbocycles. The van der Waals surface area contributed by atoms with Crippen LogP contribution in [0.15, 0.2) is 41.0 Å². The van der Waals surface area contributed by atoms with Gasteiger partial charge in [0.25, 0.3) is 11.8 Å². The molecule has 3 rings (SSSR count). The molecule has 0 bridgehead atoms. The quantitative estimate of drug-likeness (QED) is 0.664. The lowest BCUT2D eigenvalue weighted by Gasteiger charge is -2.22. The highest BCUT2D eigenvalue weighted by Gasteiger charge is 2.29. The number of carbonyl (C=O) groups is 3. The van der Waals surface area contributed by atoms with E-state index in [1.165, 1.54) is 17.2 Å².